The molecule has 172 valence electrons. The van der Waals surface area contributed by atoms with Crippen LogP contribution in [0.1, 0.15) is 5.56 Å². The van der Waals surface area contributed by atoms with Crippen molar-refractivity contribution < 1.29 is 24.8 Å². The summed E-state index contributed by atoms with van der Waals surface area (Å²) in [7, 11) is 0. The monoisotopic (exact) mass is 461 g/mol. The summed E-state index contributed by atoms with van der Waals surface area (Å²) in [4.78, 5) is 17.0. The Labute approximate surface area is 191 Å². The minimum absolute atomic E-state index is 0.406. The van der Waals surface area contributed by atoms with Crippen LogP contribution in [0.25, 0.3) is 0 Å². The lowest BCUT2D eigenvalue weighted by Gasteiger charge is -2.40. The Morgan fingerprint density at radius 2 is 1.88 bits per heavy atom. The zero-order valence-corrected chi connectivity index (χ0v) is 18.3. The third kappa shape index (κ3) is 3.77. The van der Waals surface area contributed by atoms with Gasteiger partial charge >= 0.3 is 0 Å². The van der Waals surface area contributed by atoms with Crippen molar-refractivity contribution in [1.82, 2.24) is 9.80 Å². The number of nitrogens with zero attached hydrogens (tertiary/aromatic N) is 5. The van der Waals surface area contributed by atoms with E-state index in [0.717, 1.165) is 5.56 Å². The standard InChI is InChI=1S/C21H27N5O5S/c27-11-14-15(28)16(29)19(31-14)26-18-17(24-20(26)25-6-8-30-9-7-25)21(32,23-12-22-18)10-13-4-2-1-3-5-13/h1-5,12,14-16,19-20,27-29,32H,6-11H2/t14-,15-,16-,19-,20?,21?/m1/s1. The molecule has 4 aliphatic rings. The summed E-state index contributed by atoms with van der Waals surface area (Å²) in [5, 5.41) is 30.7. The van der Waals surface area contributed by atoms with E-state index in [2.05, 4.69) is 14.9 Å². The molecule has 6 atom stereocenters. The Morgan fingerprint density at radius 3 is 2.56 bits per heavy atom. The average Bonchev–Trinajstić information content (AvgIpc) is 3.34. The highest BCUT2D eigenvalue weighted by Crippen LogP contribution is 2.37. The van der Waals surface area contributed by atoms with Crippen LogP contribution >= 0.6 is 12.6 Å². The molecule has 2 fully saturated rings. The van der Waals surface area contributed by atoms with Gasteiger partial charge < -0.3 is 24.8 Å². The van der Waals surface area contributed by atoms with Crippen molar-refractivity contribution in [2.45, 2.75) is 42.1 Å². The summed E-state index contributed by atoms with van der Waals surface area (Å²) in [5.74, 6) is 0.497. The van der Waals surface area contributed by atoms with Gasteiger partial charge in [0.15, 0.2) is 23.2 Å². The van der Waals surface area contributed by atoms with E-state index in [9.17, 15) is 15.3 Å². The van der Waals surface area contributed by atoms with E-state index in [1.165, 1.54) is 6.34 Å². The summed E-state index contributed by atoms with van der Waals surface area (Å²) < 4.78 is 11.4. The highest BCUT2D eigenvalue weighted by molar-refractivity contribution is 7.83. The molecule has 11 heteroatoms. The van der Waals surface area contributed by atoms with Gasteiger partial charge in [0.2, 0.25) is 0 Å². The molecule has 32 heavy (non-hydrogen) atoms. The number of benzene rings is 1. The molecule has 2 unspecified atom stereocenters. The maximum Gasteiger partial charge on any atom is 0.182 e. The van der Waals surface area contributed by atoms with Crippen molar-refractivity contribution >= 4 is 30.5 Å². The molecule has 0 bridgehead atoms. The Morgan fingerprint density at radius 1 is 1.12 bits per heavy atom. The van der Waals surface area contributed by atoms with Gasteiger partial charge in [0.05, 0.1) is 19.8 Å². The van der Waals surface area contributed by atoms with E-state index in [1.807, 2.05) is 30.3 Å². The quantitative estimate of drug-likeness (QED) is 0.420. The van der Waals surface area contributed by atoms with Crippen LogP contribution in [-0.4, -0.2) is 112 Å². The van der Waals surface area contributed by atoms with Gasteiger partial charge in [-0.25, -0.2) is 15.0 Å². The topological polar surface area (TPSA) is 123 Å². The summed E-state index contributed by atoms with van der Waals surface area (Å²) in [6, 6.07) is 9.91. The molecule has 0 saturated carbocycles. The van der Waals surface area contributed by atoms with Gasteiger partial charge in [0.25, 0.3) is 0 Å². The fraction of sp³-hybridized carbons (Fsp3) is 0.571. The lowest BCUT2D eigenvalue weighted by atomic mass is 10.00. The minimum atomic E-state index is -1.24. The molecule has 3 N–H and O–H groups in total. The second-order valence-corrected chi connectivity index (χ2v) is 9.02. The number of hydrogen-bond acceptors (Lipinski definition) is 11. The van der Waals surface area contributed by atoms with Crippen LogP contribution in [0.2, 0.25) is 0 Å². The van der Waals surface area contributed by atoms with Crippen LogP contribution in [0.15, 0.2) is 45.3 Å². The van der Waals surface area contributed by atoms with Gasteiger partial charge in [-0.2, -0.15) is 0 Å². The second kappa shape index (κ2) is 8.82. The van der Waals surface area contributed by atoms with Gasteiger partial charge in [-0.1, -0.05) is 30.3 Å². The van der Waals surface area contributed by atoms with Gasteiger partial charge in [0, 0.05) is 19.5 Å². The molecule has 5 rings (SSSR count). The molecule has 4 aliphatic heterocycles. The van der Waals surface area contributed by atoms with Crippen molar-refractivity contribution in [2.24, 2.45) is 15.0 Å². The third-order valence-corrected chi connectivity index (χ3v) is 6.72. The van der Waals surface area contributed by atoms with E-state index < -0.39 is 42.3 Å². The Bertz CT molecular complexity index is 924. The van der Waals surface area contributed by atoms with Crippen molar-refractivity contribution in [3.8, 4) is 0 Å². The summed E-state index contributed by atoms with van der Waals surface area (Å²) in [6.07, 6.45) is -2.85. The van der Waals surface area contributed by atoms with E-state index in [-0.39, 0.29) is 0 Å². The zero-order chi connectivity index (χ0) is 22.3. The van der Waals surface area contributed by atoms with Crippen LogP contribution in [0.5, 0.6) is 0 Å². The van der Waals surface area contributed by atoms with Crippen LogP contribution in [0.4, 0.5) is 0 Å². The predicted octanol–water partition coefficient (Wildman–Crippen LogP) is -0.893. The largest absolute Gasteiger partial charge is 0.394 e. The highest BCUT2D eigenvalue weighted by atomic mass is 32.1. The van der Waals surface area contributed by atoms with E-state index in [0.29, 0.717) is 44.3 Å². The van der Waals surface area contributed by atoms with Gasteiger partial charge in [-0.3, -0.25) is 9.80 Å². The number of aliphatic imine (C=N–C) groups is 3. The molecule has 2 saturated heterocycles. The summed E-state index contributed by atoms with van der Waals surface area (Å²) >= 11 is 4.93. The molecule has 0 aromatic heterocycles. The fourth-order valence-electron chi connectivity index (χ4n) is 4.56. The molecule has 4 heterocycles. The van der Waals surface area contributed by atoms with Crippen LogP contribution < -0.4 is 0 Å². The Balaban J connectivity index is 1.51. The number of fused-ring (bicyclic) bond motifs is 1. The van der Waals surface area contributed by atoms with E-state index in [1.54, 1.807) is 4.90 Å². The molecule has 0 spiro atoms. The molecular weight excluding hydrogens is 434 g/mol. The minimum Gasteiger partial charge on any atom is -0.394 e. The summed E-state index contributed by atoms with van der Waals surface area (Å²) in [5.41, 5.74) is 1.64. The zero-order valence-electron chi connectivity index (χ0n) is 17.4. The van der Waals surface area contributed by atoms with Gasteiger partial charge in [-0.15, -0.1) is 12.6 Å². The number of morpholine rings is 1. The highest BCUT2D eigenvalue weighted by Gasteiger charge is 2.54. The van der Waals surface area contributed by atoms with Crippen LogP contribution in [0, 0.1) is 0 Å². The molecule has 0 amide bonds. The molecule has 10 nitrogen and oxygen atoms in total. The first kappa shape index (κ1) is 22.0. The van der Waals surface area contributed by atoms with Crippen molar-refractivity contribution in [2.75, 3.05) is 32.9 Å². The van der Waals surface area contributed by atoms with Crippen molar-refractivity contribution in [3.63, 3.8) is 0 Å². The fourth-order valence-corrected chi connectivity index (χ4v) is 4.95. The lowest BCUT2D eigenvalue weighted by Crippen LogP contribution is -2.58. The SMILES string of the molecule is OC[C@H]1O[C@@H](N2C3=NC=NC(S)(Cc4ccccc4)C3=NC2N2CCOCC2)[C@H](O)[C@@H]1O. The Hall–Kier alpha value is -1.86. The number of amidine groups is 1. The molecular formula is C21H27N5O5S. The van der Waals surface area contributed by atoms with Crippen molar-refractivity contribution in [1.29, 1.82) is 0 Å². The number of ether oxygens (including phenoxy) is 2. The maximum absolute atomic E-state index is 10.8. The third-order valence-electron chi connectivity index (χ3n) is 6.24. The summed E-state index contributed by atoms with van der Waals surface area (Å²) in [6.45, 7) is 1.99. The molecule has 1 aromatic rings. The lowest BCUT2D eigenvalue weighted by molar-refractivity contribution is -0.111. The molecule has 0 aliphatic carbocycles. The number of hydrogen-bond donors (Lipinski definition) is 4. The smallest absolute Gasteiger partial charge is 0.182 e. The first-order chi connectivity index (χ1) is 15.5. The number of aliphatic hydroxyl groups excluding tert-OH is 3. The molecule has 0 radical (unpaired) electrons. The predicted molar refractivity (Wildman–Crippen MR) is 121 cm³/mol. The van der Waals surface area contributed by atoms with Crippen LogP contribution in [0.3, 0.4) is 0 Å². The van der Waals surface area contributed by atoms with E-state index >= 15 is 0 Å². The van der Waals surface area contributed by atoms with E-state index in [4.69, 9.17) is 27.1 Å². The second-order valence-electron chi connectivity index (χ2n) is 8.28. The van der Waals surface area contributed by atoms with Gasteiger partial charge in [0.1, 0.15) is 30.4 Å². The maximum atomic E-state index is 10.8. The number of rotatable bonds is 5. The van der Waals surface area contributed by atoms with Crippen molar-refractivity contribution in [3.05, 3.63) is 35.9 Å². The number of aliphatic hydroxyl groups is 3. The average molecular weight is 462 g/mol. The first-order valence-electron chi connectivity index (χ1n) is 10.7. The first-order valence-corrected chi connectivity index (χ1v) is 11.2. The van der Waals surface area contributed by atoms with Crippen LogP contribution in [-0.2, 0) is 15.9 Å². The normalized spacial score (nSPS) is 37.4. The number of thiol groups is 1. The Kier molecular flexibility index (Phi) is 6.05. The molecule has 1 aromatic carbocycles. The van der Waals surface area contributed by atoms with Gasteiger partial charge in [-0.05, 0) is 5.56 Å².